The van der Waals surface area contributed by atoms with E-state index < -0.39 is 10.0 Å². The second-order valence-electron chi connectivity index (χ2n) is 6.97. The molecule has 1 amide bonds. The van der Waals surface area contributed by atoms with Crippen molar-refractivity contribution in [2.45, 2.75) is 32.6 Å². The highest BCUT2D eigenvalue weighted by molar-refractivity contribution is 7.89. The summed E-state index contributed by atoms with van der Waals surface area (Å²) in [6.45, 7) is 8.42. The van der Waals surface area contributed by atoms with Crippen LogP contribution in [0.3, 0.4) is 0 Å². The van der Waals surface area contributed by atoms with E-state index in [9.17, 15) is 13.2 Å². The van der Waals surface area contributed by atoms with Crippen LogP contribution in [0.1, 0.15) is 36.1 Å². The normalized spacial score (nSPS) is 11.4. The van der Waals surface area contributed by atoms with Crippen LogP contribution in [-0.4, -0.2) is 43.3 Å². The number of carbonyl (C=O) groups is 1. The summed E-state index contributed by atoms with van der Waals surface area (Å²) >= 11 is 1.21. The van der Waals surface area contributed by atoms with E-state index in [0.29, 0.717) is 47.5 Å². The minimum atomic E-state index is -3.72. The van der Waals surface area contributed by atoms with Crippen molar-refractivity contribution in [2.24, 2.45) is 0 Å². The van der Waals surface area contributed by atoms with E-state index in [1.165, 1.54) is 27.8 Å². The maximum Gasteiger partial charge on any atom is 0.267 e. The van der Waals surface area contributed by atoms with E-state index >= 15 is 0 Å². The zero-order chi connectivity index (χ0) is 24.0. The Morgan fingerprint density at radius 3 is 2.30 bits per heavy atom. The first-order chi connectivity index (χ1) is 15.8. The molecular formula is C23H27N3O5S2. The van der Waals surface area contributed by atoms with Crippen molar-refractivity contribution in [3.05, 3.63) is 58.5 Å². The molecule has 0 aliphatic carbocycles. The minimum Gasteiger partial charge on any atom is -0.494 e. The first-order valence-corrected chi connectivity index (χ1v) is 12.9. The number of hydrogen-bond donors (Lipinski definition) is 1. The average Bonchev–Trinajstić information content (AvgIpc) is 3.23. The van der Waals surface area contributed by atoms with Crippen LogP contribution in [-0.2, 0) is 10.0 Å². The van der Waals surface area contributed by atoms with Crippen molar-refractivity contribution in [1.82, 2.24) is 9.29 Å². The van der Waals surface area contributed by atoms with Gasteiger partial charge in [0.05, 0.1) is 28.4 Å². The molecule has 0 bridgehead atoms. The maximum absolute atomic E-state index is 13.0. The van der Waals surface area contributed by atoms with E-state index in [0.717, 1.165) is 0 Å². The van der Waals surface area contributed by atoms with Crippen molar-refractivity contribution >= 4 is 33.0 Å². The zero-order valence-electron chi connectivity index (χ0n) is 19.0. The molecule has 1 heterocycles. The molecule has 1 N–H and O–H groups in total. The Morgan fingerprint density at radius 1 is 1.06 bits per heavy atom. The number of sulfonamides is 1. The van der Waals surface area contributed by atoms with Gasteiger partial charge in [-0.15, -0.1) is 11.3 Å². The molecule has 2 aromatic carbocycles. The van der Waals surface area contributed by atoms with Gasteiger partial charge in [-0.3, -0.25) is 4.79 Å². The number of hydrogen-bond acceptors (Lipinski definition) is 7. The van der Waals surface area contributed by atoms with Crippen LogP contribution < -0.4 is 14.8 Å². The third-order valence-corrected chi connectivity index (χ3v) is 7.83. The Labute approximate surface area is 198 Å². The summed E-state index contributed by atoms with van der Waals surface area (Å²) in [5.41, 5.74) is 2.43. The van der Waals surface area contributed by atoms with Crippen LogP contribution in [0.15, 0.2) is 52.9 Å². The van der Waals surface area contributed by atoms with Gasteiger partial charge in [-0.1, -0.05) is 13.8 Å². The van der Waals surface area contributed by atoms with Crippen molar-refractivity contribution in [3.8, 4) is 17.2 Å². The summed E-state index contributed by atoms with van der Waals surface area (Å²) in [6.07, 6.45) is 0. The quantitative estimate of drug-likeness (QED) is 0.434. The molecule has 0 fully saturated rings. The Kier molecular flexibility index (Phi) is 8.06. The van der Waals surface area contributed by atoms with Gasteiger partial charge in [-0.05, 0) is 56.3 Å². The van der Waals surface area contributed by atoms with E-state index in [-0.39, 0.29) is 16.5 Å². The van der Waals surface area contributed by atoms with Gasteiger partial charge in [0.2, 0.25) is 10.0 Å². The van der Waals surface area contributed by atoms with Crippen LogP contribution in [0.4, 0.5) is 5.69 Å². The number of anilines is 1. The number of ether oxygens (including phenoxy) is 2. The molecule has 33 heavy (non-hydrogen) atoms. The standard InChI is InChI=1S/C23H27N3O5S2/c1-5-26(6-2)33(28,29)19-12-13-21(31-18-10-8-17(9-11-18)30-7-3)20(14-19)25-23(27)22-16(4)24-15-32-22/h8-15H,5-7H2,1-4H3,(H,25,27). The van der Waals surface area contributed by atoms with Crippen LogP contribution >= 0.6 is 11.3 Å². The summed E-state index contributed by atoms with van der Waals surface area (Å²) in [4.78, 5) is 17.5. The van der Waals surface area contributed by atoms with Gasteiger partial charge in [-0.2, -0.15) is 4.31 Å². The van der Waals surface area contributed by atoms with Gasteiger partial charge in [0.15, 0.2) is 5.75 Å². The molecule has 176 valence electrons. The fourth-order valence-corrected chi connectivity index (χ4v) is 5.35. The fraction of sp³-hybridized carbons (Fsp3) is 0.304. The maximum atomic E-state index is 13.0. The molecule has 3 rings (SSSR count). The van der Waals surface area contributed by atoms with Crippen LogP contribution in [0.2, 0.25) is 0 Å². The number of benzene rings is 2. The number of nitrogens with zero attached hydrogens (tertiary/aromatic N) is 2. The summed E-state index contributed by atoms with van der Waals surface area (Å²) in [6, 6.07) is 11.5. The van der Waals surface area contributed by atoms with Crippen LogP contribution in [0, 0.1) is 6.92 Å². The second-order valence-corrected chi connectivity index (χ2v) is 9.77. The van der Waals surface area contributed by atoms with Gasteiger partial charge in [0.1, 0.15) is 16.4 Å². The fourth-order valence-electron chi connectivity index (χ4n) is 3.17. The molecule has 0 aliphatic rings. The molecule has 0 saturated carbocycles. The SMILES string of the molecule is CCOc1ccc(Oc2ccc(S(=O)(=O)N(CC)CC)cc2NC(=O)c2scnc2C)cc1. The summed E-state index contributed by atoms with van der Waals surface area (Å²) in [5.74, 6) is 1.15. The molecule has 3 aromatic rings. The lowest BCUT2D eigenvalue weighted by Gasteiger charge is -2.20. The van der Waals surface area contributed by atoms with E-state index in [4.69, 9.17) is 9.47 Å². The highest BCUT2D eigenvalue weighted by Crippen LogP contribution is 2.34. The lowest BCUT2D eigenvalue weighted by atomic mass is 10.2. The Hall–Kier alpha value is -2.95. The number of nitrogens with one attached hydrogen (secondary N) is 1. The molecule has 10 heteroatoms. The lowest BCUT2D eigenvalue weighted by molar-refractivity contribution is 0.102. The van der Waals surface area contributed by atoms with Gasteiger partial charge >= 0.3 is 0 Å². The van der Waals surface area contributed by atoms with Crippen molar-refractivity contribution < 1.29 is 22.7 Å². The highest BCUT2D eigenvalue weighted by Gasteiger charge is 2.24. The Balaban J connectivity index is 1.98. The Morgan fingerprint density at radius 2 is 1.73 bits per heavy atom. The van der Waals surface area contributed by atoms with Gasteiger partial charge in [-0.25, -0.2) is 13.4 Å². The molecule has 0 aliphatic heterocycles. The average molecular weight is 490 g/mol. The first kappa shape index (κ1) is 24.7. The smallest absolute Gasteiger partial charge is 0.267 e. The van der Waals surface area contributed by atoms with Crippen LogP contribution in [0.25, 0.3) is 0 Å². The number of carbonyl (C=O) groups excluding carboxylic acids is 1. The monoisotopic (exact) mass is 489 g/mol. The first-order valence-electron chi connectivity index (χ1n) is 10.6. The predicted molar refractivity (Wildman–Crippen MR) is 129 cm³/mol. The summed E-state index contributed by atoms with van der Waals surface area (Å²) < 4.78 is 38.9. The number of thiazole rings is 1. The van der Waals surface area contributed by atoms with Crippen LogP contribution in [0.5, 0.6) is 17.2 Å². The number of aryl methyl sites for hydroxylation is 1. The van der Waals surface area contributed by atoms with Crippen molar-refractivity contribution in [1.29, 1.82) is 0 Å². The number of rotatable bonds is 10. The summed E-state index contributed by atoms with van der Waals surface area (Å²) in [5, 5.41) is 2.79. The van der Waals surface area contributed by atoms with E-state index in [1.807, 2.05) is 6.92 Å². The molecule has 0 saturated heterocycles. The van der Waals surface area contributed by atoms with Gasteiger partial charge in [0, 0.05) is 13.1 Å². The second kappa shape index (κ2) is 10.8. The molecular weight excluding hydrogens is 462 g/mol. The Bertz CT molecular complexity index is 1200. The van der Waals surface area contributed by atoms with E-state index in [1.54, 1.807) is 56.6 Å². The molecule has 1 aromatic heterocycles. The molecule has 0 unspecified atom stereocenters. The topological polar surface area (TPSA) is 97.8 Å². The summed E-state index contributed by atoms with van der Waals surface area (Å²) in [7, 11) is -3.72. The zero-order valence-corrected chi connectivity index (χ0v) is 20.6. The molecule has 8 nitrogen and oxygen atoms in total. The number of aromatic nitrogens is 1. The number of amides is 1. The largest absolute Gasteiger partial charge is 0.494 e. The molecule has 0 spiro atoms. The van der Waals surface area contributed by atoms with Gasteiger partial charge < -0.3 is 14.8 Å². The van der Waals surface area contributed by atoms with Gasteiger partial charge in [0.25, 0.3) is 5.91 Å². The lowest BCUT2D eigenvalue weighted by Crippen LogP contribution is -2.30. The predicted octanol–water partition coefficient (Wildman–Crippen LogP) is 4.93. The highest BCUT2D eigenvalue weighted by atomic mass is 32.2. The third kappa shape index (κ3) is 5.70. The molecule has 0 radical (unpaired) electrons. The van der Waals surface area contributed by atoms with Crippen molar-refractivity contribution in [3.63, 3.8) is 0 Å². The molecule has 0 atom stereocenters. The minimum absolute atomic E-state index is 0.0709. The van der Waals surface area contributed by atoms with Crippen molar-refractivity contribution in [2.75, 3.05) is 25.0 Å². The van der Waals surface area contributed by atoms with E-state index in [2.05, 4.69) is 10.3 Å². The third-order valence-electron chi connectivity index (χ3n) is 4.86.